The second-order valence-electron chi connectivity index (χ2n) is 4.24. The highest BCUT2D eigenvalue weighted by atomic mass is 127. The molecule has 0 bridgehead atoms. The number of thiophene rings is 1. The van der Waals surface area contributed by atoms with Crippen LogP contribution in [0.15, 0.2) is 12.1 Å². The molecule has 1 fully saturated rings. The van der Waals surface area contributed by atoms with Crippen LogP contribution in [0, 0.1) is 2.88 Å². The van der Waals surface area contributed by atoms with Gasteiger partial charge in [-0.15, -0.1) is 11.3 Å². The lowest BCUT2D eigenvalue weighted by atomic mass is 10.2. The van der Waals surface area contributed by atoms with Gasteiger partial charge in [0.05, 0.1) is 2.88 Å². The Morgan fingerprint density at radius 3 is 3.11 bits per heavy atom. The van der Waals surface area contributed by atoms with E-state index in [2.05, 4.69) is 45.4 Å². The molecule has 18 heavy (non-hydrogen) atoms. The van der Waals surface area contributed by atoms with Crippen LogP contribution in [0.25, 0.3) is 0 Å². The molecule has 100 valence electrons. The van der Waals surface area contributed by atoms with Crippen molar-refractivity contribution in [2.24, 2.45) is 0 Å². The van der Waals surface area contributed by atoms with E-state index in [0.29, 0.717) is 12.5 Å². The second-order valence-corrected chi connectivity index (χ2v) is 8.45. The van der Waals surface area contributed by atoms with Crippen LogP contribution in [0.3, 0.4) is 0 Å². The van der Waals surface area contributed by atoms with Crippen molar-refractivity contribution in [2.45, 2.75) is 18.9 Å². The molecule has 1 atom stereocenters. The summed E-state index contributed by atoms with van der Waals surface area (Å²) in [6.45, 7) is 1.77. The summed E-state index contributed by atoms with van der Waals surface area (Å²) >= 11 is 6.04. The number of rotatable bonds is 5. The first kappa shape index (κ1) is 14.6. The molecule has 0 spiro atoms. The van der Waals surface area contributed by atoms with Crippen LogP contribution in [0.4, 0.5) is 0 Å². The molecule has 1 amide bonds. The Bertz CT molecular complexity index is 391. The number of carbonyl (C=O) groups excluding carboxylic acids is 1. The Hall–Kier alpha value is 0.210. The maximum absolute atomic E-state index is 11.7. The van der Waals surface area contributed by atoms with Gasteiger partial charge in [0, 0.05) is 41.9 Å². The van der Waals surface area contributed by atoms with Crippen LogP contribution in [-0.4, -0.2) is 36.5 Å². The molecular formula is C12H17IN2OS2. The van der Waals surface area contributed by atoms with Gasteiger partial charge in [-0.05, 0) is 41.1 Å². The zero-order chi connectivity index (χ0) is 12.8. The highest BCUT2D eigenvalue weighted by Crippen LogP contribution is 2.18. The molecule has 0 aliphatic carbocycles. The topological polar surface area (TPSA) is 41.1 Å². The average molecular weight is 396 g/mol. The normalized spacial score (nSPS) is 19.7. The largest absolute Gasteiger partial charge is 0.356 e. The molecule has 1 aliphatic heterocycles. The number of hydrogen-bond donors (Lipinski definition) is 2. The van der Waals surface area contributed by atoms with Gasteiger partial charge < -0.3 is 10.6 Å². The van der Waals surface area contributed by atoms with E-state index >= 15 is 0 Å². The van der Waals surface area contributed by atoms with Gasteiger partial charge in [-0.3, -0.25) is 4.79 Å². The fourth-order valence-corrected chi connectivity index (χ4v) is 4.56. The zero-order valence-electron chi connectivity index (χ0n) is 10.1. The Morgan fingerprint density at radius 2 is 2.44 bits per heavy atom. The number of halogens is 1. The lowest BCUT2D eigenvalue weighted by Crippen LogP contribution is -2.41. The molecule has 6 heteroatoms. The predicted molar refractivity (Wildman–Crippen MR) is 87.5 cm³/mol. The molecule has 0 radical (unpaired) electrons. The SMILES string of the molecule is O=C(CC1CSCCN1)NCCc1ccc(I)s1. The third kappa shape index (κ3) is 5.07. The molecule has 3 nitrogen and oxygen atoms in total. The van der Waals surface area contributed by atoms with Crippen molar-refractivity contribution in [2.75, 3.05) is 24.6 Å². The Labute approximate surface area is 130 Å². The van der Waals surface area contributed by atoms with E-state index < -0.39 is 0 Å². The van der Waals surface area contributed by atoms with E-state index in [1.54, 1.807) is 11.3 Å². The van der Waals surface area contributed by atoms with E-state index in [4.69, 9.17) is 0 Å². The number of nitrogens with one attached hydrogen (secondary N) is 2. The maximum Gasteiger partial charge on any atom is 0.221 e. The monoisotopic (exact) mass is 396 g/mol. The molecule has 0 aromatic carbocycles. The van der Waals surface area contributed by atoms with Crippen LogP contribution in [0.5, 0.6) is 0 Å². The quantitative estimate of drug-likeness (QED) is 0.750. The minimum Gasteiger partial charge on any atom is -0.356 e. The number of thioether (sulfide) groups is 1. The summed E-state index contributed by atoms with van der Waals surface area (Å²) in [5, 5.41) is 6.38. The molecule has 2 rings (SSSR count). The smallest absolute Gasteiger partial charge is 0.221 e. The van der Waals surface area contributed by atoms with Crippen LogP contribution in [-0.2, 0) is 11.2 Å². The Balaban J connectivity index is 1.62. The lowest BCUT2D eigenvalue weighted by molar-refractivity contribution is -0.121. The maximum atomic E-state index is 11.7. The van der Waals surface area contributed by atoms with Gasteiger partial charge in [0.2, 0.25) is 5.91 Å². The van der Waals surface area contributed by atoms with Crippen molar-refractivity contribution >= 4 is 51.6 Å². The summed E-state index contributed by atoms with van der Waals surface area (Å²) in [6.07, 6.45) is 1.54. The van der Waals surface area contributed by atoms with Crippen molar-refractivity contribution in [1.29, 1.82) is 0 Å². The standard InChI is InChI=1S/C12H17IN2OS2/c13-11-2-1-10(18-11)3-4-15-12(16)7-9-8-17-6-5-14-9/h1-2,9,14H,3-8H2,(H,15,16). The van der Waals surface area contributed by atoms with E-state index in [1.165, 1.54) is 7.76 Å². The highest BCUT2D eigenvalue weighted by Gasteiger charge is 2.16. The van der Waals surface area contributed by atoms with E-state index in [0.717, 1.165) is 31.0 Å². The zero-order valence-corrected chi connectivity index (χ0v) is 13.9. The second kappa shape index (κ2) is 7.72. The fraction of sp³-hybridized carbons (Fsp3) is 0.583. The van der Waals surface area contributed by atoms with Crippen molar-refractivity contribution in [1.82, 2.24) is 10.6 Å². The van der Waals surface area contributed by atoms with Crippen molar-refractivity contribution in [3.05, 3.63) is 19.9 Å². The Kier molecular flexibility index (Phi) is 6.26. The fourth-order valence-electron chi connectivity index (χ4n) is 1.86. The van der Waals surface area contributed by atoms with Crippen molar-refractivity contribution in [3.8, 4) is 0 Å². The molecule has 2 heterocycles. The van der Waals surface area contributed by atoms with Gasteiger partial charge in [0.25, 0.3) is 0 Å². The summed E-state index contributed by atoms with van der Waals surface area (Å²) in [5.74, 6) is 2.38. The summed E-state index contributed by atoms with van der Waals surface area (Å²) in [7, 11) is 0. The van der Waals surface area contributed by atoms with Crippen LogP contribution < -0.4 is 10.6 Å². The molecule has 2 N–H and O–H groups in total. The van der Waals surface area contributed by atoms with Gasteiger partial charge in [0.1, 0.15) is 0 Å². The minimum absolute atomic E-state index is 0.168. The molecule has 0 saturated carbocycles. The third-order valence-electron chi connectivity index (χ3n) is 2.75. The molecule has 1 unspecified atom stereocenters. The third-order valence-corrected chi connectivity index (χ3v) is 5.84. The minimum atomic E-state index is 0.168. The average Bonchev–Trinajstić information content (AvgIpc) is 2.76. The van der Waals surface area contributed by atoms with Gasteiger partial charge >= 0.3 is 0 Å². The van der Waals surface area contributed by atoms with Gasteiger partial charge in [-0.1, -0.05) is 0 Å². The van der Waals surface area contributed by atoms with Gasteiger partial charge in [-0.2, -0.15) is 11.8 Å². The molecule has 1 aromatic rings. The van der Waals surface area contributed by atoms with E-state index in [-0.39, 0.29) is 5.91 Å². The van der Waals surface area contributed by atoms with E-state index in [9.17, 15) is 4.79 Å². The first-order chi connectivity index (χ1) is 8.74. The predicted octanol–water partition coefficient (Wildman–Crippen LogP) is 2.11. The first-order valence-corrected chi connectivity index (χ1v) is 9.11. The van der Waals surface area contributed by atoms with Crippen LogP contribution in [0.2, 0.25) is 0 Å². The van der Waals surface area contributed by atoms with E-state index in [1.807, 2.05) is 11.8 Å². The van der Waals surface area contributed by atoms with Gasteiger partial charge in [-0.25, -0.2) is 0 Å². The number of hydrogen-bond acceptors (Lipinski definition) is 4. The van der Waals surface area contributed by atoms with Crippen LogP contribution in [0.1, 0.15) is 11.3 Å². The molecule has 1 aromatic heterocycles. The van der Waals surface area contributed by atoms with Crippen LogP contribution >= 0.6 is 45.7 Å². The molecule has 1 aliphatic rings. The number of amides is 1. The van der Waals surface area contributed by atoms with Crippen molar-refractivity contribution in [3.63, 3.8) is 0 Å². The Morgan fingerprint density at radius 1 is 1.56 bits per heavy atom. The molecule has 1 saturated heterocycles. The number of carbonyl (C=O) groups is 1. The van der Waals surface area contributed by atoms with Gasteiger partial charge in [0.15, 0.2) is 0 Å². The first-order valence-electron chi connectivity index (χ1n) is 6.06. The summed E-state index contributed by atoms with van der Waals surface area (Å²) in [4.78, 5) is 13.1. The summed E-state index contributed by atoms with van der Waals surface area (Å²) in [6, 6.07) is 4.61. The summed E-state index contributed by atoms with van der Waals surface area (Å²) in [5.41, 5.74) is 0. The van der Waals surface area contributed by atoms with Crippen molar-refractivity contribution < 1.29 is 4.79 Å². The molecular weight excluding hydrogens is 379 g/mol. The highest BCUT2D eigenvalue weighted by molar-refractivity contribution is 14.1. The lowest BCUT2D eigenvalue weighted by Gasteiger charge is -2.22. The summed E-state index contributed by atoms with van der Waals surface area (Å²) < 4.78 is 1.30.